The average molecular weight is 463 g/mol. The zero-order valence-corrected chi connectivity index (χ0v) is 20.4. The molecule has 1 aliphatic heterocycles. The van der Waals surface area contributed by atoms with Crippen molar-refractivity contribution >= 4 is 25.8 Å². The van der Waals surface area contributed by atoms with Crippen molar-refractivity contribution in [1.29, 1.82) is 0 Å². The van der Waals surface area contributed by atoms with E-state index in [1.807, 2.05) is 0 Å². The molecule has 0 spiro atoms. The molecular formula is C23H36Cl2CrN2-2. The summed E-state index contributed by atoms with van der Waals surface area (Å²) in [6.07, 6.45) is 10.5. The molecule has 1 heterocycles. The van der Waals surface area contributed by atoms with Crippen molar-refractivity contribution in [3.63, 3.8) is 0 Å². The summed E-state index contributed by atoms with van der Waals surface area (Å²) < 4.78 is 0. The molecular weight excluding hydrogens is 427 g/mol. The monoisotopic (exact) mass is 462 g/mol. The van der Waals surface area contributed by atoms with E-state index in [1.54, 1.807) is 0 Å². The number of anilines is 1. The molecule has 1 aromatic carbocycles. The van der Waals surface area contributed by atoms with Crippen molar-refractivity contribution in [2.24, 2.45) is 23.2 Å². The van der Waals surface area contributed by atoms with Crippen LogP contribution < -0.4 is 4.90 Å². The second-order valence-electron chi connectivity index (χ2n) is 9.06. The summed E-state index contributed by atoms with van der Waals surface area (Å²) in [5.74, 6) is 2.95. The van der Waals surface area contributed by atoms with Crippen molar-refractivity contribution in [1.82, 2.24) is 0 Å². The molecule has 5 heteroatoms. The molecule has 0 aromatic heterocycles. The first-order valence-corrected chi connectivity index (χ1v) is 14.0. The Bertz CT molecular complexity index is 569. The van der Waals surface area contributed by atoms with Crippen molar-refractivity contribution < 1.29 is 13.4 Å². The third-order valence-electron chi connectivity index (χ3n) is 7.17. The summed E-state index contributed by atoms with van der Waals surface area (Å²) >= 11 is -0.181. The average Bonchev–Trinajstić information content (AvgIpc) is 3.30. The molecule has 0 amide bonds. The fourth-order valence-electron chi connectivity index (χ4n) is 5.98. The van der Waals surface area contributed by atoms with Gasteiger partial charge in [0.05, 0.1) is 0 Å². The van der Waals surface area contributed by atoms with Crippen LogP contribution in [0.2, 0.25) is 0 Å². The number of para-hydroxylation sites is 1. The molecule has 0 bridgehead atoms. The van der Waals surface area contributed by atoms with E-state index >= 15 is 0 Å². The minimum absolute atomic E-state index is 0. The number of hydrogen-bond donors (Lipinski definition) is 0. The van der Waals surface area contributed by atoms with Gasteiger partial charge in [0.25, 0.3) is 0 Å². The van der Waals surface area contributed by atoms with Crippen LogP contribution in [-0.2, 0) is 13.4 Å². The maximum atomic E-state index is 4.98. The Labute approximate surface area is 187 Å². The van der Waals surface area contributed by atoms with Crippen molar-refractivity contribution in [3.05, 3.63) is 43.1 Å². The predicted molar refractivity (Wildman–Crippen MR) is 120 cm³/mol. The van der Waals surface area contributed by atoms with Gasteiger partial charge in [0.15, 0.2) is 0 Å². The fourth-order valence-corrected chi connectivity index (χ4v) is 5.98. The van der Waals surface area contributed by atoms with Gasteiger partial charge in [-0.1, -0.05) is 57.5 Å². The topological polar surface area (TPSA) is 17.3 Å². The van der Waals surface area contributed by atoms with Crippen molar-refractivity contribution in [2.75, 3.05) is 18.0 Å². The normalized spacial score (nSPS) is 29.5. The summed E-state index contributed by atoms with van der Waals surface area (Å²) in [4.78, 5) is 2.54. The van der Waals surface area contributed by atoms with E-state index in [4.69, 9.17) is 25.4 Å². The third-order valence-corrected chi connectivity index (χ3v) is 7.17. The van der Waals surface area contributed by atoms with Gasteiger partial charge in [-0.15, -0.1) is 6.54 Å². The number of rotatable bonds is 4. The van der Waals surface area contributed by atoms with E-state index in [2.05, 4.69) is 49.1 Å². The molecule has 4 rings (SSSR count). The Kier molecular flexibility index (Phi) is 9.98. The zero-order valence-electron chi connectivity index (χ0n) is 17.6. The van der Waals surface area contributed by atoms with Crippen LogP contribution in [0.4, 0.5) is 5.69 Å². The van der Waals surface area contributed by atoms with Crippen LogP contribution in [-0.4, -0.2) is 19.3 Å². The molecule has 4 unspecified atom stereocenters. The summed E-state index contributed by atoms with van der Waals surface area (Å²) in [6.45, 7) is 7.14. The van der Waals surface area contributed by atoms with Gasteiger partial charge in [0.2, 0.25) is 0 Å². The Balaban J connectivity index is 0.000000660. The van der Waals surface area contributed by atoms with Gasteiger partial charge >= 0.3 is 33.5 Å². The van der Waals surface area contributed by atoms with E-state index < -0.39 is 0 Å². The van der Waals surface area contributed by atoms with Crippen molar-refractivity contribution in [2.45, 2.75) is 65.0 Å². The van der Waals surface area contributed by atoms with Crippen LogP contribution in [0.15, 0.2) is 30.3 Å². The molecule has 3 aliphatic rings. The number of hydrogen-bond acceptors (Lipinski definition) is 1. The molecule has 0 radical (unpaired) electrons. The van der Waals surface area contributed by atoms with Gasteiger partial charge in [0.1, 0.15) is 0 Å². The van der Waals surface area contributed by atoms with E-state index in [9.17, 15) is 0 Å². The molecule has 2 aliphatic carbocycles. The van der Waals surface area contributed by atoms with Gasteiger partial charge in [-0.05, 0) is 67.5 Å². The number of fused-ring (bicyclic) bond motifs is 1. The Morgan fingerprint density at radius 1 is 1.07 bits per heavy atom. The van der Waals surface area contributed by atoms with Crippen LogP contribution in [0.25, 0.3) is 5.32 Å². The van der Waals surface area contributed by atoms with E-state index in [0.717, 1.165) is 30.8 Å². The van der Waals surface area contributed by atoms with Crippen LogP contribution in [0.1, 0.15) is 58.8 Å². The second kappa shape index (κ2) is 11.5. The SMILES string of the molecule is CC(C)(CC1[N-]CCN1c1ccccc1)C1CCC2CCCCC21.[CH3-].[Cl][Cr][Cl]. The Morgan fingerprint density at radius 3 is 2.46 bits per heavy atom. The van der Waals surface area contributed by atoms with Crippen LogP contribution >= 0.6 is 20.1 Å². The van der Waals surface area contributed by atoms with E-state index in [1.165, 1.54) is 50.6 Å². The Hall–Kier alpha value is 0.0925. The molecule has 0 N–H and O–H groups in total. The molecule has 3 fully saturated rings. The Morgan fingerprint density at radius 2 is 1.75 bits per heavy atom. The quantitative estimate of drug-likeness (QED) is 0.419. The molecule has 2 saturated carbocycles. The first-order chi connectivity index (χ1) is 13.1. The number of nitrogens with zero attached hydrogens (tertiary/aromatic N) is 2. The van der Waals surface area contributed by atoms with Gasteiger partial charge in [-0.2, -0.15) is 0 Å². The minimum atomic E-state index is -0.181. The second-order valence-corrected chi connectivity index (χ2v) is 11.2. The summed E-state index contributed by atoms with van der Waals surface area (Å²) in [6, 6.07) is 10.9. The summed E-state index contributed by atoms with van der Waals surface area (Å²) in [7, 11) is 9.65. The van der Waals surface area contributed by atoms with Gasteiger partial charge in [-0.25, -0.2) is 0 Å². The van der Waals surface area contributed by atoms with Gasteiger partial charge < -0.3 is 17.6 Å². The summed E-state index contributed by atoms with van der Waals surface area (Å²) in [5, 5.41) is 4.98. The fraction of sp³-hybridized carbons (Fsp3) is 0.696. The predicted octanol–water partition coefficient (Wildman–Crippen LogP) is 7.67. The van der Waals surface area contributed by atoms with E-state index in [0.29, 0.717) is 11.6 Å². The number of benzene rings is 1. The standard InChI is InChI=1S/C22H33N2.CH3.2ClH.Cr/c1-22(2,20-13-12-17-8-6-7-11-19(17)20)16-21-23-14-15-24(21)18-9-4-3-5-10-18;;;;/h3-5,9-10,17,19-21H,6-8,11-16H2,1-2H3;1H3;2*1H;/q2*-1;;;+2/p-2. The first-order valence-electron chi connectivity index (χ1n) is 10.4. The molecule has 1 saturated heterocycles. The molecule has 28 heavy (non-hydrogen) atoms. The number of halogens is 2. The first kappa shape index (κ1) is 24.4. The van der Waals surface area contributed by atoms with Crippen LogP contribution in [0, 0.1) is 30.6 Å². The summed E-state index contributed by atoms with van der Waals surface area (Å²) in [5.41, 5.74) is 1.75. The van der Waals surface area contributed by atoms with Gasteiger partial charge in [-0.3, -0.25) is 0 Å². The zero-order chi connectivity index (χ0) is 19.3. The van der Waals surface area contributed by atoms with Crippen LogP contribution in [0.3, 0.4) is 0 Å². The molecule has 160 valence electrons. The van der Waals surface area contributed by atoms with Crippen molar-refractivity contribution in [3.8, 4) is 0 Å². The van der Waals surface area contributed by atoms with Crippen LogP contribution in [0.5, 0.6) is 0 Å². The van der Waals surface area contributed by atoms with Gasteiger partial charge in [0, 0.05) is 5.69 Å². The molecule has 2 nitrogen and oxygen atoms in total. The molecule has 1 aromatic rings. The van der Waals surface area contributed by atoms with E-state index in [-0.39, 0.29) is 20.8 Å². The maximum absolute atomic E-state index is 4.98. The third kappa shape index (κ3) is 5.83. The molecule has 4 atom stereocenters.